The Bertz CT molecular complexity index is 664. The van der Waals surface area contributed by atoms with E-state index in [4.69, 9.17) is 22.1 Å². The quantitative estimate of drug-likeness (QED) is 0.880. The van der Waals surface area contributed by atoms with E-state index in [0.29, 0.717) is 21.2 Å². The summed E-state index contributed by atoms with van der Waals surface area (Å²) in [5.74, 6) is -0.353. The van der Waals surface area contributed by atoms with E-state index < -0.39 is 16.6 Å². The fourth-order valence-corrected chi connectivity index (χ4v) is 3.15. The molecule has 2 rings (SSSR count). The van der Waals surface area contributed by atoms with Gasteiger partial charge in [0, 0.05) is 16.3 Å². The Kier molecular flexibility index (Phi) is 4.62. The van der Waals surface area contributed by atoms with Crippen LogP contribution in [0.2, 0.25) is 5.02 Å². The van der Waals surface area contributed by atoms with E-state index in [1.165, 1.54) is 19.2 Å². The lowest BCUT2D eigenvalue weighted by Crippen LogP contribution is -2.03. The van der Waals surface area contributed by atoms with Crippen LogP contribution in [-0.2, 0) is 16.6 Å². The Morgan fingerprint density at radius 3 is 2.75 bits per heavy atom. The molecule has 0 heterocycles. The van der Waals surface area contributed by atoms with Crippen LogP contribution in [0, 0.1) is 5.82 Å². The highest BCUT2D eigenvalue weighted by Gasteiger charge is 2.14. The molecular weight excluding hydrogens is 301 g/mol. The maximum atomic E-state index is 14.0. The number of nitrogens with two attached hydrogens (primary N) is 1. The molecule has 20 heavy (non-hydrogen) atoms. The van der Waals surface area contributed by atoms with Crippen molar-refractivity contribution in [3.8, 4) is 5.75 Å². The van der Waals surface area contributed by atoms with E-state index in [2.05, 4.69) is 0 Å². The summed E-state index contributed by atoms with van der Waals surface area (Å²) in [6.07, 6.45) is 0. The summed E-state index contributed by atoms with van der Waals surface area (Å²) < 4.78 is 31.2. The van der Waals surface area contributed by atoms with Gasteiger partial charge < -0.3 is 10.5 Å². The van der Waals surface area contributed by atoms with Crippen molar-refractivity contribution < 1.29 is 13.3 Å². The van der Waals surface area contributed by atoms with E-state index in [1.54, 1.807) is 24.3 Å². The van der Waals surface area contributed by atoms with Crippen LogP contribution in [0.25, 0.3) is 0 Å². The van der Waals surface area contributed by atoms with Gasteiger partial charge >= 0.3 is 0 Å². The molecule has 3 nitrogen and oxygen atoms in total. The van der Waals surface area contributed by atoms with Crippen molar-refractivity contribution in [2.24, 2.45) is 0 Å². The minimum Gasteiger partial charge on any atom is -0.494 e. The highest BCUT2D eigenvalue weighted by Crippen LogP contribution is 2.26. The maximum absolute atomic E-state index is 14.0. The maximum Gasteiger partial charge on any atom is 0.169 e. The molecule has 0 aliphatic carbocycles. The number of hydrogen-bond acceptors (Lipinski definition) is 3. The molecule has 2 aromatic rings. The third-order valence-corrected chi connectivity index (χ3v) is 4.44. The van der Waals surface area contributed by atoms with Crippen molar-refractivity contribution in [3.05, 3.63) is 52.8 Å². The lowest BCUT2D eigenvalue weighted by Gasteiger charge is -2.09. The molecule has 0 aliphatic rings. The molecule has 0 aromatic heterocycles. The van der Waals surface area contributed by atoms with Gasteiger partial charge in [0.15, 0.2) is 11.6 Å². The highest BCUT2D eigenvalue weighted by molar-refractivity contribution is 7.84. The van der Waals surface area contributed by atoms with Gasteiger partial charge in [0.1, 0.15) is 0 Å². The van der Waals surface area contributed by atoms with Crippen LogP contribution in [0.3, 0.4) is 0 Å². The SMILES string of the molecule is COc1cccc(CS(=O)c2ccc(Cl)cc2N)c1F. The van der Waals surface area contributed by atoms with Crippen molar-refractivity contribution in [3.63, 3.8) is 0 Å². The van der Waals surface area contributed by atoms with Crippen LogP contribution < -0.4 is 10.5 Å². The van der Waals surface area contributed by atoms with E-state index in [1.807, 2.05) is 0 Å². The van der Waals surface area contributed by atoms with Gasteiger partial charge in [-0.15, -0.1) is 0 Å². The van der Waals surface area contributed by atoms with Gasteiger partial charge in [0.2, 0.25) is 0 Å². The average molecular weight is 314 g/mol. The first kappa shape index (κ1) is 14.8. The number of rotatable bonds is 4. The second-order valence-corrected chi connectivity index (χ2v) is 5.96. The second kappa shape index (κ2) is 6.24. The van der Waals surface area contributed by atoms with Crippen molar-refractivity contribution in [1.29, 1.82) is 0 Å². The van der Waals surface area contributed by atoms with Crippen molar-refractivity contribution >= 4 is 28.1 Å². The minimum absolute atomic E-state index is 0.0227. The molecule has 0 amide bonds. The molecule has 0 fully saturated rings. The first-order valence-corrected chi connectivity index (χ1v) is 7.47. The average Bonchev–Trinajstić information content (AvgIpc) is 2.41. The monoisotopic (exact) mass is 313 g/mol. The van der Waals surface area contributed by atoms with Gasteiger partial charge in [-0.3, -0.25) is 4.21 Å². The first-order valence-electron chi connectivity index (χ1n) is 5.77. The standard InChI is InChI=1S/C14H13ClFNO2S/c1-19-12-4-2-3-9(14(12)16)8-20(18)13-6-5-10(15)7-11(13)17/h2-7H,8,17H2,1H3. The number of benzene rings is 2. The molecule has 2 aromatic carbocycles. The summed E-state index contributed by atoms with van der Waals surface area (Å²) in [6.45, 7) is 0. The molecule has 6 heteroatoms. The number of anilines is 1. The normalized spacial score (nSPS) is 12.2. The van der Waals surface area contributed by atoms with Crippen LogP contribution in [0.4, 0.5) is 10.1 Å². The molecule has 0 bridgehead atoms. The Morgan fingerprint density at radius 1 is 1.35 bits per heavy atom. The predicted octanol–water partition coefficient (Wildman–Crippen LogP) is 3.38. The fourth-order valence-electron chi connectivity index (χ4n) is 1.77. The summed E-state index contributed by atoms with van der Waals surface area (Å²) in [7, 11) is -0.0687. The van der Waals surface area contributed by atoms with Crippen molar-refractivity contribution in [1.82, 2.24) is 0 Å². The van der Waals surface area contributed by atoms with Crippen molar-refractivity contribution in [2.45, 2.75) is 10.6 Å². The Hall–Kier alpha value is -1.59. The largest absolute Gasteiger partial charge is 0.494 e. The van der Waals surface area contributed by atoms with Crippen LogP contribution in [0.15, 0.2) is 41.3 Å². The Morgan fingerprint density at radius 2 is 2.10 bits per heavy atom. The number of hydrogen-bond donors (Lipinski definition) is 1. The molecule has 1 unspecified atom stereocenters. The molecule has 0 aliphatic heterocycles. The van der Waals surface area contributed by atoms with Gasteiger partial charge in [-0.25, -0.2) is 4.39 Å². The smallest absolute Gasteiger partial charge is 0.169 e. The number of nitrogen functional groups attached to an aromatic ring is 1. The summed E-state index contributed by atoms with van der Waals surface area (Å²) in [5.41, 5.74) is 6.42. The molecular formula is C14H13ClFNO2S. The predicted molar refractivity (Wildman–Crippen MR) is 78.9 cm³/mol. The summed E-state index contributed by atoms with van der Waals surface area (Å²) in [4.78, 5) is 0.441. The van der Waals surface area contributed by atoms with E-state index in [0.717, 1.165) is 0 Å². The van der Waals surface area contributed by atoms with Crippen molar-refractivity contribution in [2.75, 3.05) is 12.8 Å². The van der Waals surface area contributed by atoms with Crippen LogP contribution >= 0.6 is 11.6 Å². The Labute approximate surface area is 124 Å². The van der Waals surface area contributed by atoms with Gasteiger partial charge in [-0.2, -0.15) is 0 Å². The number of methoxy groups -OCH3 is 1. The van der Waals surface area contributed by atoms with Crippen LogP contribution in [-0.4, -0.2) is 11.3 Å². The van der Waals surface area contributed by atoms with Gasteiger partial charge in [-0.1, -0.05) is 23.7 Å². The molecule has 0 radical (unpaired) electrons. The summed E-state index contributed by atoms with van der Waals surface area (Å²) in [6, 6.07) is 9.45. The topological polar surface area (TPSA) is 52.3 Å². The molecule has 2 N–H and O–H groups in total. The molecule has 0 saturated heterocycles. The third kappa shape index (κ3) is 3.11. The van der Waals surface area contributed by atoms with Crippen LogP contribution in [0.1, 0.15) is 5.56 Å². The fraction of sp³-hybridized carbons (Fsp3) is 0.143. The van der Waals surface area contributed by atoms with Gasteiger partial charge in [0.25, 0.3) is 0 Å². The molecule has 1 atom stereocenters. The summed E-state index contributed by atoms with van der Waals surface area (Å²) >= 11 is 5.79. The zero-order valence-corrected chi connectivity index (χ0v) is 12.3. The second-order valence-electron chi connectivity index (χ2n) is 4.11. The minimum atomic E-state index is -1.45. The number of halogens is 2. The number of ether oxygens (including phenoxy) is 1. The lowest BCUT2D eigenvalue weighted by atomic mass is 10.2. The van der Waals surface area contributed by atoms with Crippen LogP contribution in [0.5, 0.6) is 5.75 Å². The first-order chi connectivity index (χ1) is 9.52. The highest BCUT2D eigenvalue weighted by atomic mass is 35.5. The molecule has 106 valence electrons. The van der Waals surface area contributed by atoms with Gasteiger partial charge in [0.05, 0.1) is 28.6 Å². The zero-order chi connectivity index (χ0) is 14.7. The van der Waals surface area contributed by atoms with E-state index in [-0.39, 0.29) is 11.5 Å². The van der Waals surface area contributed by atoms with E-state index >= 15 is 0 Å². The van der Waals surface area contributed by atoms with Gasteiger partial charge in [-0.05, 0) is 24.3 Å². The molecule has 0 spiro atoms. The Balaban J connectivity index is 2.28. The third-order valence-electron chi connectivity index (χ3n) is 2.77. The lowest BCUT2D eigenvalue weighted by molar-refractivity contribution is 0.385. The van der Waals surface area contributed by atoms with E-state index in [9.17, 15) is 8.60 Å². The molecule has 0 saturated carbocycles. The zero-order valence-electron chi connectivity index (χ0n) is 10.7. The summed E-state index contributed by atoms with van der Waals surface area (Å²) in [5, 5.41) is 0.468.